The van der Waals surface area contributed by atoms with E-state index in [1.165, 1.54) is 11.1 Å². The maximum atomic E-state index is 5.46. The Balaban J connectivity index is 2.04. The van der Waals surface area contributed by atoms with Crippen molar-refractivity contribution in [2.45, 2.75) is 19.9 Å². The minimum absolute atomic E-state index is 0.528. The van der Waals surface area contributed by atoms with Crippen LogP contribution < -0.4 is 15.4 Å². The third-order valence-electron chi connectivity index (χ3n) is 3.99. The fraction of sp³-hybridized carbons (Fsp3) is 0.600. The summed E-state index contributed by atoms with van der Waals surface area (Å²) < 4.78 is 5.46. The molecule has 1 saturated heterocycles. The zero-order valence-electron chi connectivity index (χ0n) is 12.4. The number of nitrogens with one attached hydrogen (secondary N) is 2. The van der Waals surface area contributed by atoms with Gasteiger partial charge in [-0.05, 0) is 44.2 Å². The molecule has 2 rings (SSSR count). The molecule has 0 amide bonds. The highest BCUT2D eigenvalue weighted by Gasteiger charge is 2.18. The summed E-state index contributed by atoms with van der Waals surface area (Å²) in [5, 5.41) is 6.96. The van der Waals surface area contributed by atoms with Gasteiger partial charge in [-0.3, -0.25) is 4.90 Å². The molecule has 19 heavy (non-hydrogen) atoms. The van der Waals surface area contributed by atoms with Gasteiger partial charge in [0.05, 0.1) is 12.8 Å². The summed E-state index contributed by atoms with van der Waals surface area (Å²) >= 11 is 0. The van der Waals surface area contributed by atoms with Gasteiger partial charge < -0.3 is 15.4 Å². The summed E-state index contributed by atoms with van der Waals surface area (Å²) in [7, 11) is 3.91. The third kappa shape index (κ3) is 3.39. The molecule has 1 heterocycles. The molecule has 0 aliphatic carbocycles. The third-order valence-corrected chi connectivity index (χ3v) is 3.99. The molecule has 1 aromatic rings. The molecule has 1 atom stereocenters. The number of likely N-dealkylation sites (N-methyl/N-ethyl adjacent to an activating group) is 1. The van der Waals surface area contributed by atoms with E-state index in [0.717, 1.165) is 37.6 Å². The lowest BCUT2D eigenvalue weighted by Crippen LogP contribution is -2.52. The Bertz CT molecular complexity index is 434. The van der Waals surface area contributed by atoms with E-state index in [1.54, 1.807) is 7.11 Å². The lowest BCUT2D eigenvalue weighted by Gasteiger charge is -2.33. The SMILES string of the molecule is COc1cc(C)c(C)cc1NCC1CNCCN1C. The molecule has 1 aromatic carbocycles. The first kappa shape index (κ1) is 14.2. The molecule has 0 aromatic heterocycles. The zero-order chi connectivity index (χ0) is 13.8. The Morgan fingerprint density at radius 2 is 2.11 bits per heavy atom. The number of aryl methyl sites for hydroxylation is 2. The predicted octanol–water partition coefficient (Wildman–Crippen LogP) is 1.63. The molecule has 0 spiro atoms. The maximum absolute atomic E-state index is 5.46. The van der Waals surface area contributed by atoms with Gasteiger partial charge in [0.2, 0.25) is 0 Å². The smallest absolute Gasteiger partial charge is 0.142 e. The van der Waals surface area contributed by atoms with Gasteiger partial charge in [0, 0.05) is 32.2 Å². The molecule has 106 valence electrons. The van der Waals surface area contributed by atoms with Gasteiger partial charge in [-0.25, -0.2) is 0 Å². The van der Waals surface area contributed by atoms with Crippen LogP contribution >= 0.6 is 0 Å². The molecule has 4 heteroatoms. The molecule has 0 bridgehead atoms. The van der Waals surface area contributed by atoms with E-state index >= 15 is 0 Å². The van der Waals surface area contributed by atoms with Gasteiger partial charge in [-0.15, -0.1) is 0 Å². The number of rotatable bonds is 4. The minimum atomic E-state index is 0.528. The topological polar surface area (TPSA) is 36.5 Å². The van der Waals surface area contributed by atoms with Crippen molar-refractivity contribution < 1.29 is 4.74 Å². The van der Waals surface area contributed by atoms with E-state index in [2.05, 4.69) is 48.6 Å². The van der Waals surface area contributed by atoms with Crippen LogP contribution in [0.3, 0.4) is 0 Å². The van der Waals surface area contributed by atoms with E-state index in [0.29, 0.717) is 6.04 Å². The second-order valence-electron chi connectivity index (χ2n) is 5.36. The Labute approximate surface area is 116 Å². The van der Waals surface area contributed by atoms with Crippen molar-refractivity contribution in [1.82, 2.24) is 10.2 Å². The Hall–Kier alpha value is -1.26. The molecule has 4 nitrogen and oxygen atoms in total. The van der Waals surface area contributed by atoms with Crippen LogP contribution in [0.15, 0.2) is 12.1 Å². The summed E-state index contributed by atoms with van der Waals surface area (Å²) in [6.45, 7) is 8.41. The van der Waals surface area contributed by atoms with Crippen LogP contribution in [0.2, 0.25) is 0 Å². The van der Waals surface area contributed by atoms with E-state index in [9.17, 15) is 0 Å². The quantitative estimate of drug-likeness (QED) is 0.865. The summed E-state index contributed by atoms with van der Waals surface area (Å²) in [5.41, 5.74) is 3.64. The zero-order valence-corrected chi connectivity index (χ0v) is 12.4. The molecule has 0 radical (unpaired) electrons. The van der Waals surface area contributed by atoms with Gasteiger partial charge in [-0.2, -0.15) is 0 Å². The monoisotopic (exact) mass is 263 g/mol. The van der Waals surface area contributed by atoms with Crippen molar-refractivity contribution in [1.29, 1.82) is 0 Å². The average Bonchev–Trinajstić information content (AvgIpc) is 2.41. The molecule has 1 fully saturated rings. The van der Waals surface area contributed by atoms with Gasteiger partial charge >= 0.3 is 0 Å². The standard InChI is InChI=1S/C15H25N3O/c1-11-7-14(15(19-4)8-12(11)2)17-10-13-9-16-5-6-18(13)3/h7-8,13,16-17H,5-6,9-10H2,1-4H3. The fourth-order valence-electron chi connectivity index (χ4n) is 2.41. The molecule has 0 saturated carbocycles. The normalized spacial score (nSPS) is 20.3. The largest absolute Gasteiger partial charge is 0.495 e. The second-order valence-corrected chi connectivity index (χ2v) is 5.36. The highest BCUT2D eigenvalue weighted by molar-refractivity contribution is 5.60. The average molecular weight is 263 g/mol. The van der Waals surface area contributed by atoms with Gasteiger partial charge in [0.15, 0.2) is 0 Å². The number of hydrogen-bond donors (Lipinski definition) is 2. The van der Waals surface area contributed by atoms with E-state index in [-0.39, 0.29) is 0 Å². The van der Waals surface area contributed by atoms with Crippen molar-refractivity contribution in [3.8, 4) is 5.75 Å². The van der Waals surface area contributed by atoms with Crippen molar-refractivity contribution >= 4 is 5.69 Å². The molecule has 1 unspecified atom stereocenters. The van der Waals surface area contributed by atoms with Crippen LogP contribution in [0, 0.1) is 13.8 Å². The fourth-order valence-corrected chi connectivity index (χ4v) is 2.41. The lowest BCUT2D eigenvalue weighted by molar-refractivity contribution is 0.209. The lowest BCUT2D eigenvalue weighted by atomic mass is 10.1. The highest BCUT2D eigenvalue weighted by atomic mass is 16.5. The second kappa shape index (κ2) is 6.26. The number of nitrogens with zero attached hydrogens (tertiary/aromatic N) is 1. The van der Waals surface area contributed by atoms with Crippen molar-refractivity contribution in [2.24, 2.45) is 0 Å². The minimum Gasteiger partial charge on any atom is -0.495 e. The highest BCUT2D eigenvalue weighted by Crippen LogP contribution is 2.28. The van der Waals surface area contributed by atoms with Crippen LogP contribution in [-0.4, -0.2) is 51.3 Å². The Kier molecular flexibility index (Phi) is 4.66. The number of benzene rings is 1. The number of methoxy groups -OCH3 is 1. The van der Waals surface area contributed by atoms with Crippen LogP contribution in [0.25, 0.3) is 0 Å². The van der Waals surface area contributed by atoms with E-state index in [1.807, 2.05) is 0 Å². The van der Waals surface area contributed by atoms with Crippen molar-refractivity contribution in [2.75, 3.05) is 45.7 Å². The summed E-state index contributed by atoms with van der Waals surface area (Å²) in [4.78, 5) is 2.40. The van der Waals surface area contributed by atoms with E-state index < -0.39 is 0 Å². The Morgan fingerprint density at radius 3 is 2.79 bits per heavy atom. The van der Waals surface area contributed by atoms with Crippen molar-refractivity contribution in [3.63, 3.8) is 0 Å². The van der Waals surface area contributed by atoms with Crippen LogP contribution in [0.1, 0.15) is 11.1 Å². The molecular formula is C15H25N3O. The van der Waals surface area contributed by atoms with Crippen LogP contribution in [0.5, 0.6) is 5.75 Å². The summed E-state index contributed by atoms with van der Waals surface area (Å²) in [6.07, 6.45) is 0. The first-order valence-electron chi connectivity index (χ1n) is 6.92. The summed E-state index contributed by atoms with van der Waals surface area (Å²) in [6, 6.07) is 4.80. The molecule has 1 aliphatic rings. The van der Waals surface area contributed by atoms with E-state index in [4.69, 9.17) is 4.74 Å². The molecule has 1 aliphatic heterocycles. The molecular weight excluding hydrogens is 238 g/mol. The van der Waals surface area contributed by atoms with Crippen LogP contribution in [0.4, 0.5) is 5.69 Å². The molecule has 2 N–H and O–H groups in total. The predicted molar refractivity (Wildman–Crippen MR) is 80.2 cm³/mol. The summed E-state index contributed by atoms with van der Waals surface area (Å²) in [5.74, 6) is 0.925. The number of anilines is 1. The first-order valence-corrected chi connectivity index (χ1v) is 6.92. The number of piperazine rings is 1. The van der Waals surface area contributed by atoms with Gasteiger partial charge in [0.1, 0.15) is 5.75 Å². The van der Waals surface area contributed by atoms with Crippen molar-refractivity contribution in [3.05, 3.63) is 23.3 Å². The Morgan fingerprint density at radius 1 is 1.37 bits per heavy atom. The van der Waals surface area contributed by atoms with Gasteiger partial charge in [0.25, 0.3) is 0 Å². The number of ether oxygens (including phenoxy) is 1. The van der Waals surface area contributed by atoms with Gasteiger partial charge in [-0.1, -0.05) is 0 Å². The maximum Gasteiger partial charge on any atom is 0.142 e. The first-order chi connectivity index (χ1) is 9.11. The van der Waals surface area contributed by atoms with Crippen LogP contribution in [-0.2, 0) is 0 Å². The number of hydrogen-bond acceptors (Lipinski definition) is 4.